The Kier molecular flexibility index (Phi) is 7.31. The maximum absolute atomic E-state index is 12.4. The Hall–Kier alpha value is -1.98. The summed E-state index contributed by atoms with van der Waals surface area (Å²) in [7, 11) is 0. The minimum absolute atomic E-state index is 0.266. The summed E-state index contributed by atoms with van der Waals surface area (Å²) in [6.07, 6.45) is 6.26. The van der Waals surface area contributed by atoms with Gasteiger partial charge >= 0.3 is 5.97 Å². The summed E-state index contributed by atoms with van der Waals surface area (Å²) in [4.78, 5) is 19.4. The monoisotopic (exact) mass is 455 g/mol. The van der Waals surface area contributed by atoms with Crippen molar-refractivity contribution >= 4 is 22.9 Å². The Morgan fingerprint density at radius 1 is 1.31 bits per heavy atom. The van der Waals surface area contributed by atoms with Crippen LogP contribution < -0.4 is 0 Å². The molecule has 2 heterocycles. The zero-order chi connectivity index (χ0) is 23.7. The van der Waals surface area contributed by atoms with E-state index in [-0.39, 0.29) is 5.41 Å². The number of ether oxygens (including phenoxy) is 1. The van der Waals surface area contributed by atoms with Crippen molar-refractivity contribution in [3.05, 3.63) is 46.0 Å². The van der Waals surface area contributed by atoms with Crippen molar-refractivity contribution in [1.82, 2.24) is 4.98 Å². The molecule has 0 saturated carbocycles. The number of rotatable bonds is 7. The SMILES string of the molecule is CCCc1cccc(-c2sc(C)c(C(OC(C)(C)C)C(=O)O)c2C2=CCC(C)(C)CC2)n1. The van der Waals surface area contributed by atoms with Crippen LogP contribution in [-0.2, 0) is 16.0 Å². The van der Waals surface area contributed by atoms with Gasteiger partial charge in [0.2, 0.25) is 0 Å². The highest BCUT2D eigenvalue weighted by Crippen LogP contribution is 2.48. The van der Waals surface area contributed by atoms with E-state index in [1.54, 1.807) is 11.3 Å². The highest BCUT2D eigenvalue weighted by Gasteiger charge is 2.35. The number of hydrogen-bond acceptors (Lipinski definition) is 4. The Morgan fingerprint density at radius 3 is 2.59 bits per heavy atom. The number of aryl methyl sites for hydroxylation is 2. The molecule has 2 aromatic heterocycles. The van der Waals surface area contributed by atoms with Crippen LogP contribution in [0.5, 0.6) is 0 Å². The van der Waals surface area contributed by atoms with E-state index in [0.717, 1.165) is 64.4 Å². The molecule has 0 saturated heterocycles. The minimum Gasteiger partial charge on any atom is -0.479 e. The van der Waals surface area contributed by atoms with Gasteiger partial charge in [0.05, 0.1) is 16.2 Å². The lowest BCUT2D eigenvalue weighted by atomic mass is 9.76. The average Bonchev–Trinajstić information content (AvgIpc) is 3.03. The predicted octanol–water partition coefficient (Wildman–Crippen LogP) is 7.61. The van der Waals surface area contributed by atoms with Crippen molar-refractivity contribution in [1.29, 1.82) is 0 Å². The molecule has 0 aromatic carbocycles. The van der Waals surface area contributed by atoms with E-state index in [0.29, 0.717) is 0 Å². The number of carboxylic acids is 1. The standard InChI is InChI=1S/C27H37NO3S/c1-8-10-19-11-9-12-20(28-19)24-22(18-13-15-27(6,7)16-14-18)21(17(2)32-24)23(25(29)30)31-26(3,4)5/h9,11-13,23H,8,10,14-16H2,1-7H3,(H,29,30). The molecular formula is C27H37NO3S. The molecule has 2 aromatic rings. The fourth-order valence-electron chi connectivity index (χ4n) is 4.26. The summed E-state index contributed by atoms with van der Waals surface area (Å²) in [5, 5.41) is 10.2. The zero-order valence-corrected chi connectivity index (χ0v) is 21.4. The van der Waals surface area contributed by atoms with Crippen LogP contribution in [0.15, 0.2) is 24.3 Å². The van der Waals surface area contributed by atoms with Gasteiger partial charge in [-0.15, -0.1) is 11.3 Å². The Bertz CT molecular complexity index is 1010. The summed E-state index contributed by atoms with van der Waals surface area (Å²) in [5.74, 6) is -0.946. The van der Waals surface area contributed by atoms with E-state index >= 15 is 0 Å². The van der Waals surface area contributed by atoms with Gasteiger partial charge < -0.3 is 9.84 Å². The van der Waals surface area contributed by atoms with Crippen LogP contribution in [0.1, 0.15) is 95.0 Å². The normalized spacial score (nSPS) is 17.2. The zero-order valence-electron chi connectivity index (χ0n) is 20.5. The molecule has 1 aliphatic carbocycles. The molecular weight excluding hydrogens is 418 g/mol. The van der Waals surface area contributed by atoms with Gasteiger partial charge in [0.15, 0.2) is 6.10 Å². The fraction of sp³-hybridized carbons (Fsp3) is 0.556. The number of carboxylic acid groups (broad SMARTS) is 1. The smallest absolute Gasteiger partial charge is 0.337 e. The highest BCUT2D eigenvalue weighted by molar-refractivity contribution is 7.16. The molecule has 3 rings (SSSR count). The number of carbonyl (C=O) groups is 1. The molecule has 0 aliphatic heterocycles. The van der Waals surface area contributed by atoms with Crippen LogP contribution >= 0.6 is 11.3 Å². The number of aliphatic carboxylic acids is 1. The third kappa shape index (κ3) is 5.68. The second-order valence-electron chi connectivity index (χ2n) is 10.6. The van der Waals surface area contributed by atoms with E-state index in [9.17, 15) is 9.90 Å². The Labute approximate surface area is 196 Å². The maximum Gasteiger partial charge on any atom is 0.337 e. The van der Waals surface area contributed by atoms with Crippen molar-refractivity contribution in [2.45, 2.75) is 92.3 Å². The van der Waals surface area contributed by atoms with Crippen molar-refractivity contribution in [3.8, 4) is 10.6 Å². The number of aromatic nitrogens is 1. The molecule has 0 radical (unpaired) electrons. The molecule has 0 spiro atoms. The largest absolute Gasteiger partial charge is 0.479 e. The van der Waals surface area contributed by atoms with Crippen LogP contribution in [-0.4, -0.2) is 21.7 Å². The van der Waals surface area contributed by atoms with Gasteiger partial charge in [-0.3, -0.25) is 4.98 Å². The number of thiophene rings is 1. The fourth-order valence-corrected chi connectivity index (χ4v) is 5.45. The second-order valence-corrected chi connectivity index (χ2v) is 11.8. The van der Waals surface area contributed by atoms with Gasteiger partial charge in [0.25, 0.3) is 0 Å². The number of allylic oxidation sites excluding steroid dienone is 2. The second kappa shape index (κ2) is 9.48. The molecule has 0 bridgehead atoms. The first-order valence-electron chi connectivity index (χ1n) is 11.6. The summed E-state index contributed by atoms with van der Waals surface area (Å²) in [6, 6.07) is 6.18. The molecule has 1 N–H and O–H groups in total. The van der Waals surface area contributed by atoms with E-state index in [1.807, 2.05) is 33.8 Å². The van der Waals surface area contributed by atoms with Gasteiger partial charge in [0.1, 0.15) is 0 Å². The molecule has 1 unspecified atom stereocenters. The third-order valence-electron chi connectivity index (χ3n) is 5.93. The number of hydrogen-bond donors (Lipinski definition) is 1. The van der Waals surface area contributed by atoms with Gasteiger partial charge in [0, 0.05) is 21.7 Å². The van der Waals surface area contributed by atoms with Crippen molar-refractivity contribution < 1.29 is 14.6 Å². The number of pyridine rings is 1. The first-order chi connectivity index (χ1) is 14.9. The summed E-state index contributed by atoms with van der Waals surface area (Å²) < 4.78 is 6.11. The van der Waals surface area contributed by atoms with Crippen LogP contribution in [0.4, 0.5) is 0 Å². The topological polar surface area (TPSA) is 59.4 Å². The maximum atomic E-state index is 12.4. The number of nitrogens with zero attached hydrogens (tertiary/aromatic N) is 1. The van der Waals surface area contributed by atoms with Gasteiger partial charge in [-0.1, -0.05) is 39.3 Å². The lowest BCUT2D eigenvalue weighted by molar-refractivity contribution is -0.160. The predicted molar refractivity (Wildman–Crippen MR) is 133 cm³/mol. The first kappa shape index (κ1) is 24.7. The summed E-state index contributed by atoms with van der Waals surface area (Å²) in [5.41, 5.74) is 4.74. The molecule has 32 heavy (non-hydrogen) atoms. The van der Waals surface area contributed by atoms with Crippen molar-refractivity contribution in [2.24, 2.45) is 5.41 Å². The minimum atomic E-state index is -1.01. The Morgan fingerprint density at radius 2 is 2.03 bits per heavy atom. The van der Waals surface area contributed by atoms with Crippen molar-refractivity contribution in [2.75, 3.05) is 0 Å². The molecule has 1 atom stereocenters. The van der Waals surface area contributed by atoms with E-state index < -0.39 is 17.7 Å². The molecule has 0 amide bonds. The van der Waals surface area contributed by atoms with Gasteiger partial charge in [-0.05, 0) is 76.5 Å². The Balaban J connectivity index is 2.23. The van der Waals surface area contributed by atoms with Crippen LogP contribution in [0.2, 0.25) is 0 Å². The molecule has 0 fully saturated rings. The lowest BCUT2D eigenvalue weighted by Gasteiger charge is -2.30. The molecule has 174 valence electrons. The molecule has 5 heteroatoms. The van der Waals surface area contributed by atoms with Crippen LogP contribution in [0, 0.1) is 12.3 Å². The third-order valence-corrected chi connectivity index (χ3v) is 7.07. The van der Waals surface area contributed by atoms with Gasteiger partial charge in [-0.2, -0.15) is 0 Å². The average molecular weight is 456 g/mol. The van der Waals surface area contributed by atoms with Crippen LogP contribution in [0.3, 0.4) is 0 Å². The quantitative estimate of drug-likeness (QED) is 0.467. The summed E-state index contributed by atoms with van der Waals surface area (Å²) in [6.45, 7) is 14.5. The molecule has 4 nitrogen and oxygen atoms in total. The van der Waals surface area contributed by atoms with Crippen LogP contribution in [0.25, 0.3) is 16.1 Å². The van der Waals surface area contributed by atoms with E-state index in [4.69, 9.17) is 9.72 Å². The highest BCUT2D eigenvalue weighted by atomic mass is 32.1. The molecule has 1 aliphatic rings. The van der Waals surface area contributed by atoms with E-state index in [2.05, 4.69) is 39.0 Å². The van der Waals surface area contributed by atoms with E-state index in [1.165, 1.54) is 5.57 Å². The summed E-state index contributed by atoms with van der Waals surface area (Å²) >= 11 is 1.64. The first-order valence-corrected chi connectivity index (χ1v) is 12.4. The van der Waals surface area contributed by atoms with Gasteiger partial charge in [-0.25, -0.2) is 4.79 Å². The van der Waals surface area contributed by atoms with Crippen molar-refractivity contribution in [3.63, 3.8) is 0 Å². The lowest BCUT2D eigenvalue weighted by Crippen LogP contribution is -2.28.